The summed E-state index contributed by atoms with van der Waals surface area (Å²) >= 11 is 0. The van der Waals surface area contributed by atoms with Gasteiger partial charge in [0.1, 0.15) is 0 Å². The maximum atomic E-state index is 5.61. The van der Waals surface area contributed by atoms with Gasteiger partial charge in [-0.1, -0.05) is 19.6 Å². The van der Waals surface area contributed by atoms with E-state index in [-0.39, 0.29) is 0 Å². The van der Waals surface area contributed by atoms with E-state index in [4.69, 9.17) is 4.74 Å². The largest absolute Gasteiger partial charge is 0.376 e. The maximum absolute atomic E-state index is 5.61. The lowest BCUT2D eigenvalue weighted by Gasteiger charge is -2.40. The molecule has 0 spiro atoms. The Bertz CT molecular complexity index is 167. The Labute approximate surface area is 83.3 Å². The predicted molar refractivity (Wildman–Crippen MR) is 59.8 cm³/mol. The van der Waals surface area contributed by atoms with E-state index >= 15 is 0 Å². The van der Waals surface area contributed by atoms with Gasteiger partial charge in [0.25, 0.3) is 0 Å². The molecule has 0 aromatic carbocycles. The minimum Gasteiger partial charge on any atom is -0.376 e. The molecule has 0 saturated carbocycles. The van der Waals surface area contributed by atoms with Crippen LogP contribution in [0.1, 0.15) is 13.8 Å². The highest BCUT2D eigenvalue weighted by atomic mass is 28.3. The van der Waals surface area contributed by atoms with Crippen molar-refractivity contribution in [3.63, 3.8) is 0 Å². The van der Waals surface area contributed by atoms with Crippen molar-refractivity contribution < 1.29 is 4.74 Å². The summed E-state index contributed by atoms with van der Waals surface area (Å²) in [4.78, 5) is 2.60. The molecule has 1 saturated heterocycles. The van der Waals surface area contributed by atoms with Crippen molar-refractivity contribution in [1.29, 1.82) is 0 Å². The summed E-state index contributed by atoms with van der Waals surface area (Å²) in [7, 11) is -0.946. The minimum absolute atomic E-state index is 0.408. The van der Waals surface area contributed by atoms with Gasteiger partial charge in [0.15, 0.2) is 0 Å². The van der Waals surface area contributed by atoms with Crippen molar-refractivity contribution in [2.75, 3.05) is 19.3 Å². The van der Waals surface area contributed by atoms with Gasteiger partial charge in [-0.05, 0) is 20.0 Å². The summed E-state index contributed by atoms with van der Waals surface area (Å²) in [5.41, 5.74) is 0. The average molecular weight is 201 g/mol. The molecule has 1 aliphatic heterocycles. The van der Waals surface area contributed by atoms with Crippen molar-refractivity contribution in [2.24, 2.45) is 0 Å². The topological polar surface area (TPSA) is 12.5 Å². The number of hydrogen-bond acceptors (Lipinski definition) is 2. The van der Waals surface area contributed by atoms with Gasteiger partial charge >= 0.3 is 0 Å². The van der Waals surface area contributed by atoms with Crippen LogP contribution in [0.15, 0.2) is 0 Å². The molecule has 78 valence electrons. The van der Waals surface area contributed by atoms with Crippen molar-refractivity contribution >= 4 is 8.07 Å². The second kappa shape index (κ2) is 4.11. The summed E-state index contributed by atoms with van der Waals surface area (Å²) in [6.07, 6.45) is 1.71. The summed E-state index contributed by atoms with van der Waals surface area (Å²) in [6.45, 7) is 13.8. The Morgan fingerprint density at radius 1 is 1.31 bits per heavy atom. The van der Waals surface area contributed by atoms with E-state index < -0.39 is 8.07 Å². The van der Waals surface area contributed by atoms with Crippen molar-refractivity contribution in [2.45, 2.75) is 45.6 Å². The summed E-state index contributed by atoms with van der Waals surface area (Å²) in [5.74, 6) is 0. The van der Waals surface area contributed by atoms with Crippen LogP contribution in [0.5, 0.6) is 0 Å². The zero-order valence-corrected chi connectivity index (χ0v) is 10.6. The minimum atomic E-state index is -0.946. The van der Waals surface area contributed by atoms with Crippen LogP contribution in [-0.2, 0) is 4.74 Å². The Kier molecular flexibility index (Phi) is 3.55. The second-order valence-corrected chi connectivity index (χ2v) is 10.8. The fourth-order valence-electron chi connectivity index (χ4n) is 1.83. The van der Waals surface area contributed by atoms with Crippen LogP contribution in [0.3, 0.4) is 0 Å². The molecule has 0 aliphatic carbocycles. The molecule has 0 N–H and O–H groups in total. The van der Waals surface area contributed by atoms with Gasteiger partial charge in [-0.15, -0.1) is 0 Å². The molecule has 2 atom stereocenters. The van der Waals surface area contributed by atoms with E-state index in [9.17, 15) is 0 Å². The van der Waals surface area contributed by atoms with Crippen LogP contribution in [0.2, 0.25) is 19.6 Å². The molecule has 1 rings (SSSR count). The molecule has 2 nitrogen and oxygen atoms in total. The average Bonchev–Trinajstić information content (AvgIpc) is 1.96. The molecule has 1 fully saturated rings. The van der Waals surface area contributed by atoms with Gasteiger partial charge in [0.2, 0.25) is 0 Å². The molecule has 1 aliphatic rings. The highest BCUT2D eigenvalue weighted by molar-refractivity contribution is 6.76. The molecule has 3 heteroatoms. The fourth-order valence-corrected chi connectivity index (χ4v) is 3.49. The Morgan fingerprint density at radius 3 is 2.46 bits per heavy atom. The second-order valence-electron chi connectivity index (χ2n) is 5.35. The van der Waals surface area contributed by atoms with E-state index in [0.717, 1.165) is 13.2 Å². The third kappa shape index (κ3) is 3.41. The quantitative estimate of drug-likeness (QED) is 0.633. The van der Waals surface area contributed by atoms with Crippen molar-refractivity contribution in [3.05, 3.63) is 0 Å². The number of ether oxygens (including phenoxy) is 1. The van der Waals surface area contributed by atoms with Crippen LogP contribution < -0.4 is 0 Å². The Balaban J connectivity index is 2.49. The maximum Gasteiger partial charge on any atom is 0.0699 e. The molecule has 0 bridgehead atoms. The molecule has 0 aromatic rings. The number of rotatable bonds is 2. The standard InChI is InChI=1S/C10H23NOSi/c1-9-10(2)12-7-6-11(9)8-13(3,4)5/h9-10H,6-8H2,1-5H3. The van der Waals surface area contributed by atoms with Crippen LogP contribution in [0.4, 0.5) is 0 Å². The first-order chi connectivity index (χ1) is 5.90. The third-order valence-corrected chi connectivity index (χ3v) is 4.05. The molecule has 0 aromatic heterocycles. The Morgan fingerprint density at radius 2 is 1.92 bits per heavy atom. The van der Waals surface area contributed by atoms with E-state index in [0.29, 0.717) is 12.1 Å². The first-order valence-electron chi connectivity index (χ1n) is 5.26. The predicted octanol–water partition coefficient (Wildman–Crippen LogP) is 1.97. The van der Waals surface area contributed by atoms with Gasteiger partial charge in [-0.2, -0.15) is 0 Å². The summed E-state index contributed by atoms with van der Waals surface area (Å²) in [5, 5.41) is 0. The molecule has 0 amide bonds. The molecule has 13 heavy (non-hydrogen) atoms. The van der Waals surface area contributed by atoms with Gasteiger partial charge in [0.05, 0.1) is 20.8 Å². The number of hydrogen-bond donors (Lipinski definition) is 0. The monoisotopic (exact) mass is 201 g/mol. The molecule has 1 heterocycles. The summed E-state index contributed by atoms with van der Waals surface area (Å²) < 4.78 is 5.61. The third-order valence-electron chi connectivity index (χ3n) is 2.69. The summed E-state index contributed by atoms with van der Waals surface area (Å²) in [6, 6.07) is 0.598. The molecule has 0 radical (unpaired) electrons. The van der Waals surface area contributed by atoms with Crippen molar-refractivity contribution in [3.8, 4) is 0 Å². The number of morpholine rings is 1. The van der Waals surface area contributed by atoms with E-state index in [1.165, 1.54) is 6.17 Å². The highest BCUT2D eigenvalue weighted by Gasteiger charge is 2.28. The van der Waals surface area contributed by atoms with Gasteiger partial charge in [-0.3, -0.25) is 4.90 Å². The lowest BCUT2D eigenvalue weighted by atomic mass is 10.1. The van der Waals surface area contributed by atoms with Gasteiger partial charge in [0, 0.05) is 12.6 Å². The first-order valence-corrected chi connectivity index (χ1v) is 8.96. The first kappa shape index (κ1) is 11.2. The van der Waals surface area contributed by atoms with Crippen LogP contribution in [0.25, 0.3) is 0 Å². The Hall–Kier alpha value is 0.137. The van der Waals surface area contributed by atoms with Crippen LogP contribution in [-0.4, -0.2) is 44.4 Å². The highest BCUT2D eigenvalue weighted by Crippen LogP contribution is 2.16. The van der Waals surface area contributed by atoms with Gasteiger partial charge in [-0.25, -0.2) is 0 Å². The normalized spacial score (nSPS) is 32.1. The van der Waals surface area contributed by atoms with E-state index in [1.54, 1.807) is 0 Å². The van der Waals surface area contributed by atoms with Gasteiger partial charge < -0.3 is 4.74 Å². The van der Waals surface area contributed by atoms with E-state index in [2.05, 4.69) is 38.4 Å². The molecular weight excluding hydrogens is 178 g/mol. The van der Waals surface area contributed by atoms with E-state index in [1.807, 2.05) is 0 Å². The smallest absolute Gasteiger partial charge is 0.0699 e. The molecular formula is C10H23NOSi. The van der Waals surface area contributed by atoms with Crippen LogP contribution in [0, 0.1) is 0 Å². The lowest BCUT2D eigenvalue weighted by Crippen LogP contribution is -2.53. The van der Waals surface area contributed by atoms with Crippen LogP contribution >= 0.6 is 0 Å². The zero-order valence-electron chi connectivity index (χ0n) is 9.63. The zero-order chi connectivity index (χ0) is 10.1. The lowest BCUT2D eigenvalue weighted by molar-refractivity contribution is -0.0488. The van der Waals surface area contributed by atoms with Crippen molar-refractivity contribution in [1.82, 2.24) is 4.90 Å². The fraction of sp³-hybridized carbons (Fsp3) is 1.00. The number of nitrogens with zero attached hydrogens (tertiary/aromatic N) is 1. The SMILES string of the molecule is CC1OCCN(C[Si](C)(C)C)C1C. The molecule has 2 unspecified atom stereocenters.